The minimum Gasteiger partial charge on any atom is -0.387 e. The summed E-state index contributed by atoms with van der Waals surface area (Å²) in [6.07, 6.45) is 2.41. The van der Waals surface area contributed by atoms with Gasteiger partial charge in [0.05, 0.1) is 17.2 Å². The van der Waals surface area contributed by atoms with Crippen LogP contribution >= 0.6 is 0 Å². The van der Waals surface area contributed by atoms with Crippen LogP contribution in [-0.2, 0) is 6.42 Å². The van der Waals surface area contributed by atoms with Crippen molar-refractivity contribution in [3.63, 3.8) is 0 Å². The zero-order chi connectivity index (χ0) is 11.0. The normalized spacial score (nSPS) is 10.8. The smallest absolute Gasteiger partial charge is 0.140 e. The molecule has 4 heteroatoms. The van der Waals surface area contributed by atoms with Crippen molar-refractivity contribution in [2.75, 3.05) is 0 Å². The van der Waals surface area contributed by atoms with Crippen LogP contribution in [0.4, 0.5) is 0 Å². The molecule has 0 bridgehead atoms. The standard InChI is InChI=1S/C11H14N4/c1-7-4-3-5-15-9(6-10(12)13)8(2)14-11(7)15/h3-5H,6H2,1-2H3,(H3,12,13). The van der Waals surface area contributed by atoms with Crippen LogP contribution in [0, 0.1) is 19.3 Å². The molecule has 0 aromatic carbocycles. The van der Waals surface area contributed by atoms with Crippen LogP contribution in [-0.4, -0.2) is 15.2 Å². The number of nitrogens with two attached hydrogens (primary N) is 1. The van der Waals surface area contributed by atoms with Crippen molar-refractivity contribution >= 4 is 11.5 Å². The van der Waals surface area contributed by atoms with Crippen LogP contribution in [0.3, 0.4) is 0 Å². The van der Waals surface area contributed by atoms with E-state index >= 15 is 0 Å². The highest BCUT2D eigenvalue weighted by molar-refractivity contribution is 5.79. The van der Waals surface area contributed by atoms with Gasteiger partial charge in [-0.25, -0.2) is 4.98 Å². The van der Waals surface area contributed by atoms with Gasteiger partial charge in [-0.05, 0) is 25.5 Å². The van der Waals surface area contributed by atoms with E-state index < -0.39 is 0 Å². The molecule has 0 aliphatic heterocycles. The van der Waals surface area contributed by atoms with Gasteiger partial charge in [0.15, 0.2) is 0 Å². The number of aryl methyl sites for hydroxylation is 2. The first-order valence-electron chi connectivity index (χ1n) is 4.85. The topological polar surface area (TPSA) is 67.2 Å². The van der Waals surface area contributed by atoms with E-state index in [4.69, 9.17) is 11.1 Å². The highest BCUT2D eigenvalue weighted by Crippen LogP contribution is 2.15. The van der Waals surface area contributed by atoms with Crippen molar-refractivity contribution in [1.82, 2.24) is 9.38 Å². The van der Waals surface area contributed by atoms with Gasteiger partial charge < -0.3 is 10.1 Å². The Morgan fingerprint density at radius 2 is 2.27 bits per heavy atom. The Balaban J connectivity index is 2.68. The summed E-state index contributed by atoms with van der Waals surface area (Å²) in [5.74, 6) is 0.168. The molecule has 4 nitrogen and oxygen atoms in total. The van der Waals surface area contributed by atoms with Crippen molar-refractivity contribution in [3.8, 4) is 0 Å². The molecule has 0 spiro atoms. The number of nitrogens with one attached hydrogen (secondary N) is 1. The first kappa shape index (κ1) is 9.71. The predicted molar refractivity (Wildman–Crippen MR) is 60.3 cm³/mol. The van der Waals surface area contributed by atoms with E-state index in [1.165, 1.54) is 0 Å². The molecule has 0 saturated heterocycles. The van der Waals surface area contributed by atoms with Crippen LogP contribution in [0.15, 0.2) is 18.3 Å². The van der Waals surface area contributed by atoms with Gasteiger partial charge in [0.2, 0.25) is 0 Å². The number of rotatable bonds is 2. The molecule has 2 aromatic heterocycles. The molecule has 3 N–H and O–H groups in total. The molecule has 0 saturated carbocycles. The Morgan fingerprint density at radius 1 is 1.53 bits per heavy atom. The second-order valence-corrected chi connectivity index (χ2v) is 3.73. The fourth-order valence-corrected chi connectivity index (χ4v) is 1.76. The van der Waals surface area contributed by atoms with Crippen molar-refractivity contribution < 1.29 is 0 Å². The maximum atomic E-state index is 7.33. The van der Waals surface area contributed by atoms with Crippen molar-refractivity contribution in [2.24, 2.45) is 5.73 Å². The van der Waals surface area contributed by atoms with Crippen molar-refractivity contribution in [3.05, 3.63) is 35.3 Å². The molecule has 0 unspecified atom stereocenters. The van der Waals surface area contributed by atoms with Gasteiger partial charge in [-0.15, -0.1) is 0 Å². The summed E-state index contributed by atoms with van der Waals surface area (Å²) < 4.78 is 2.01. The highest BCUT2D eigenvalue weighted by atomic mass is 15.0. The molecule has 0 amide bonds. The molecule has 0 fully saturated rings. The minimum absolute atomic E-state index is 0.168. The first-order chi connectivity index (χ1) is 7.09. The molecule has 0 aliphatic carbocycles. The fourth-order valence-electron chi connectivity index (χ4n) is 1.76. The second kappa shape index (κ2) is 3.38. The number of hydrogen-bond acceptors (Lipinski definition) is 2. The summed E-state index contributed by atoms with van der Waals surface area (Å²) in [5.41, 5.74) is 9.45. The largest absolute Gasteiger partial charge is 0.387 e. The van der Waals surface area contributed by atoms with Crippen LogP contribution in [0.1, 0.15) is 17.0 Å². The Morgan fingerprint density at radius 3 is 2.93 bits per heavy atom. The Hall–Kier alpha value is -1.84. The molecule has 2 rings (SSSR count). The summed E-state index contributed by atoms with van der Waals surface area (Å²) in [7, 11) is 0. The Bertz CT molecular complexity index is 525. The lowest BCUT2D eigenvalue weighted by atomic mass is 10.2. The first-order valence-corrected chi connectivity index (χ1v) is 4.85. The molecule has 0 radical (unpaired) electrons. The van der Waals surface area contributed by atoms with Gasteiger partial charge in [0.25, 0.3) is 0 Å². The van der Waals surface area contributed by atoms with Gasteiger partial charge in [-0.3, -0.25) is 5.41 Å². The van der Waals surface area contributed by atoms with E-state index in [0.29, 0.717) is 6.42 Å². The van der Waals surface area contributed by atoms with E-state index in [1.807, 2.05) is 36.6 Å². The molecular weight excluding hydrogens is 188 g/mol. The highest BCUT2D eigenvalue weighted by Gasteiger charge is 2.10. The molecule has 2 heterocycles. The van der Waals surface area contributed by atoms with Gasteiger partial charge in [-0.2, -0.15) is 0 Å². The quantitative estimate of drug-likeness (QED) is 0.571. The lowest BCUT2D eigenvalue weighted by molar-refractivity contribution is 1.03. The van der Waals surface area contributed by atoms with Crippen LogP contribution in [0.2, 0.25) is 0 Å². The summed E-state index contributed by atoms with van der Waals surface area (Å²) >= 11 is 0. The molecule has 78 valence electrons. The fraction of sp³-hybridized carbons (Fsp3) is 0.273. The zero-order valence-corrected chi connectivity index (χ0v) is 8.91. The van der Waals surface area contributed by atoms with Crippen LogP contribution in [0.5, 0.6) is 0 Å². The summed E-state index contributed by atoms with van der Waals surface area (Å²) in [4.78, 5) is 4.48. The predicted octanol–water partition coefficient (Wildman–Crippen LogP) is 1.43. The average molecular weight is 202 g/mol. The number of aromatic nitrogens is 2. The van der Waals surface area contributed by atoms with Gasteiger partial charge >= 0.3 is 0 Å². The maximum absolute atomic E-state index is 7.33. The van der Waals surface area contributed by atoms with E-state index in [9.17, 15) is 0 Å². The lowest BCUT2D eigenvalue weighted by Crippen LogP contribution is -2.14. The van der Waals surface area contributed by atoms with Crippen molar-refractivity contribution in [1.29, 1.82) is 5.41 Å². The summed E-state index contributed by atoms with van der Waals surface area (Å²) in [6, 6.07) is 4.01. The van der Waals surface area contributed by atoms with Crippen LogP contribution < -0.4 is 5.73 Å². The van der Waals surface area contributed by atoms with E-state index in [2.05, 4.69) is 4.98 Å². The number of fused-ring (bicyclic) bond motifs is 1. The van der Waals surface area contributed by atoms with Gasteiger partial charge in [0, 0.05) is 12.6 Å². The summed E-state index contributed by atoms with van der Waals surface area (Å²) in [5, 5.41) is 7.33. The third-order valence-electron chi connectivity index (χ3n) is 2.50. The van der Waals surface area contributed by atoms with Crippen molar-refractivity contribution in [2.45, 2.75) is 20.3 Å². The molecule has 2 aromatic rings. The Kier molecular flexibility index (Phi) is 2.19. The SMILES string of the molecule is Cc1nc2c(C)cccn2c1CC(=N)N. The molecule has 15 heavy (non-hydrogen) atoms. The third-order valence-corrected chi connectivity index (χ3v) is 2.50. The molecular formula is C11H14N4. The zero-order valence-electron chi connectivity index (χ0n) is 8.91. The number of hydrogen-bond donors (Lipinski definition) is 2. The number of amidine groups is 1. The number of nitrogens with zero attached hydrogens (tertiary/aromatic N) is 2. The molecule has 0 aliphatic rings. The second-order valence-electron chi connectivity index (χ2n) is 3.73. The maximum Gasteiger partial charge on any atom is 0.140 e. The van der Waals surface area contributed by atoms with Crippen LogP contribution in [0.25, 0.3) is 5.65 Å². The third kappa shape index (κ3) is 1.58. The van der Waals surface area contributed by atoms with E-state index in [1.54, 1.807) is 0 Å². The average Bonchev–Trinajstić information content (AvgIpc) is 2.45. The Labute approximate surface area is 88.3 Å². The number of pyridine rings is 1. The number of imidazole rings is 1. The minimum atomic E-state index is 0.168. The summed E-state index contributed by atoms with van der Waals surface area (Å²) in [6.45, 7) is 3.98. The van der Waals surface area contributed by atoms with Gasteiger partial charge in [0.1, 0.15) is 5.65 Å². The van der Waals surface area contributed by atoms with E-state index in [-0.39, 0.29) is 5.84 Å². The molecule has 0 atom stereocenters. The van der Waals surface area contributed by atoms with E-state index in [0.717, 1.165) is 22.6 Å². The lowest BCUT2D eigenvalue weighted by Gasteiger charge is -2.02. The van der Waals surface area contributed by atoms with Gasteiger partial charge in [-0.1, -0.05) is 6.07 Å². The monoisotopic (exact) mass is 202 g/mol.